The molecule has 4 aromatic rings. The van der Waals surface area contributed by atoms with Gasteiger partial charge in [0, 0.05) is 49.7 Å². The molecule has 2 saturated heterocycles. The van der Waals surface area contributed by atoms with E-state index < -0.39 is 0 Å². The predicted octanol–water partition coefficient (Wildman–Crippen LogP) is 3.41. The van der Waals surface area contributed by atoms with Gasteiger partial charge in [0.1, 0.15) is 5.82 Å². The van der Waals surface area contributed by atoms with E-state index in [0.29, 0.717) is 11.7 Å². The van der Waals surface area contributed by atoms with Crippen LogP contribution < -0.4 is 4.90 Å². The molecule has 6 rings (SSSR count). The van der Waals surface area contributed by atoms with Crippen molar-refractivity contribution in [3.05, 3.63) is 65.0 Å². The number of aromatic nitrogens is 6. The highest BCUT2D eigenvalue weighted by Gasteiger charge is 2.25. The summed E-state index contributed by atoms with van der Waals surface area (Å²) >= 11 is 0. The number of ether oxygens (including phenoxy) is 1. The Morgan fingerprint density at radius 3 is 2.46 bits per heavy atom. The lowest BCUT2D eigenvalue weighted by Crippen LogP contribution is -2.35. The fourth-order valence-electron chi connectivity index (χ4n) is 5.54. The maximum absolute atomic E-state index is 5.45. The van der Waals surface area contributed by atoms with Crippen LogP contribution in [0.4, 0.5) is 5.69 Å². The van der Waals surface area contributed by atoms with Gasteiger partial charge in [-0.2, -0.15) is 10.1 Å². The van der Waals surface area contributed by atoms with E-state index in [1.165, 1.54) is 11.1 Å². The molecular weight excluding hydrogens is 464 g/mol. The van der Waals surface area contributed by atoms with Crippen LogP contribution in [-0.2, 0) is 17.7 Å². The molecule has 192 valence electrons. The first-order chi connectivity index (χ1) is 18.0. The number of anilines is 1. The molecule has 9 nitrogen and oxygen atoms in total. The van der Waals surface area contributed by atoms with Gasteiger partial charge in [-0.05, 0) is 50.7 Å². The molecule has 0 radical (unpaired) electrons. The van der Waals surface area contributed by atoms with Gasteiger partial charge in [-0.25, -0.2) is 19.5 Å². The molecule has 1 unspecified atom stereocenters. The van der Waals surface area contributed by atoms with Crippen molar-refractivity contribution >= 4 is 11.5 Å². The van der Waals surface area contributed by atoms with Gasteiger partial charge in [-0.1, -0.05) is 24.3 Å². The van der Waals surface area contributed by atoms with Crippen LogP contribution in [0.3, 0.4) is 0 Å². The lowest BCUT2D eigenvalue weighted by atomic mass is 9.96. The Kier molecular flexibility index (Phi) is 6.56. The first-order valence-corrected chi connectivity index (χ1v) is 13.2. The Balaban J connectivity index is 1.09. The Labute approximate surface area is 217 Å². The van der Waals surface area contributed by atoms with Crippen molar-refractivity contribution in [2.24, 2.45) is 5.92 Å². The van der Waals surface area contributed by atoms with E-state index in [1.807, 2.05) is 23.8 Å². The number of fused-ring (bicyclic) bond motifs is 1. The second-order valence-electron chi connectivity index (χ2n) is 10.3. The minimum Gasteiger partial charge on any atom is -0.379 e. The maximum atomic E-state index is 5.45. The summed E-state index contributed by atoms with van der Waals surface area (Å²) in [4.78, 5) is 23.4. The molecule has 1 atom stereocenters. The van der Waals surface area contributed by atoms with Crippen molar-refractivity contribution in [3.8, 4) is 11.4 Å². The van der Waals surface area contributed by atoms with Crippen LogP contribution in [0, 0.1) is 26.7 Å². The molecule has 0 aliphatic carbocycles. The number of hydrogen-bond donors (Lipinski definition) is 0. The number of nitrogens with zero attached hydrogens (tertiary/aromatic N) is 8. The summed E-state index contributed by atoms with van der Waals surface area (Å²) in [5.74, 6) is 2.77. The van der Waals surface area contributed by atoms with Gasteiger partial charge >= 0.3 is 0 Å². The molecule has 2 aliphatic heterocycles. The molecule has 0 saturated carbocycles. The zero-order chi connectivity index (χ0) is 25.4. The third-order valence-corrected chi connectivity index (χ3v) is 7.66. The predicted molar refractivity (Wildman–Crippen MR) is 143 cm³/mol. The highest BCUT2D eigenvalue weighted by atomic mass is 16.5. The SMILES string of the molecule is Cc1nc2nc(C)c(CC3CCN(c4cnc(-c5ccc(CN6CCOCC6)cc5)nc4)C3)c(C)n2n1. The van der Waals surface area contributed by atoms with Crippen LogP contribution in [0.15, 0.2) is 36.7 Å². The van der Waals surface area contributed by atoms with Gasteiger partial charge in [-0.15, -0.1) is 0 Å². The smallest absolute Gasteiger partial charge is 0.252 e. The quantitative estimate of drug-likeness (QED) is 0.400. The van der Waals surface area contributed by atoms with Crippen LogP contribution in [-0.4, -0.2) is 73.8 Å². The Morgan fingerprint density at radius 1 is 0.946 bits per heavy atom. The first-order valence-electron chi connectivity index (χ1n) is 13.2. The van der Waals surface area contributed by atoms with Crippen molar-refractivity contribution in [2.75, 3.05) is 44.3 Å². The van der Waals surface area contributed by atoms with Crippen molar-refractivity contribution < 1.29 is 4.74 Å². The fourth-order valence-corrected chi connectivity index (χ4v) is 5.54. The fraction of sp³-hybridized carbons (Fsp3) is 0.464. The van der Waals surface area contributed by atoms with Gasteiger partial charge in [0.2, 0.25) is 0 Å². The number of hydrogen-bond acceptors (Lipinski definition) is 8. The van der Waals surface area contributed by atoms with Gasteiger partial charge in [0.05, 0.1) is 31.3 Å². The standard InChI is InChI=1S/C28H34N8O/c1-19-26(20(2)36-28(31-19)32-21(3)33-36)14-23-8-9-35(18-23)25-15-29-27(30-16-25)24-6-4-22(5-7-24)17-34-10-12-37-13-11-34/h4-7,15-16,23H,8-14,17-18H2,1-3H3. The maximum Gasteiger partial charge on any atom is 0.252 e. The molecule has 0 N–H and O–H groups in total. The summed E-state index contributed by atoms with van der Waals surface area (Å²) in [7, 11) is 0. The second-order valence-corrected chi connectivity index (χ2v) is 10.3. The zero-order valence-electron chi connectivity index (χ0n) is 21.9. The van der Waals surface area contributed by atoms with E-state index in [2.05, 4.69) is 58.0 Å². The summed E-state index contributed by atoms with van der Waals surface area (Å²) in [5, 5.41) is 4.53. The monoisotopic (exact) mass is 498 g/mol. The Morgan fingerprint density at radius 2 is 1.70 bits per heavy atom. The molecule has 1 aromatic carbocycles. The third kappa shape index (κ3) is 5.06. The summed E-state index contributed by atoms with van der Waals surface area (Å²) in [6.07, 6.45) is 6.06. The first kappa shape index (κ1) is 23.9. The van der Waals surface area contributed by atoms with Gasteiger partial charge in [0.15, 0.2) is 5.82 Å². The number of aryl methyl sites for hydroxylation is 3. The number of morpholine rings is 1. The van der Waals surface area contributed by atoms with E-state index in [4.69, 9.17) is 19.7 Å². The van der Waals surface area contributed by atoms with Crippen LogP contribution in [0.25, 0.3) is 17.2 Å². The van der Waals surface area contributed by atoms with Gasteiger partial charge in [-0.3, -0.25) is 4.90 Å². The van der Waals surface area contributed by atoms with Gasteiger partial charge < -0.3 is 9.64 Å². The molecule has 5 heterocycles. The summed E-state index contributed by atoms with van der Waals surface area (Å²) in [6, 6.07) is 8.62. The van der Waals surface area contributed by atoms with Crippen LogP contribution in [0.5, 0.6) is 0 Å². The summed E-state index contributed by atoms with van der Waals surface area (Å²) in [5.41, 5.74) is 6.93. The molecule has 0 bridgehead atoms. The average Bonchev–Trinajstić information content (AvgIpc) is 3.54. The molecule has 3 aromatic heterocycles. The molecule has 37 heavy (non-hydrogen) atoms. The molecular formula is C28H34N8O. The van der Waals surface area contributed by atoms with Crippen molar-refractivity contribution in [1.29, 1.82) is 0 Å². The second kappa shape index (κ2) is 10.1. The highest BCUT2D eigenvalue weighted by Crippen LogP contribution is 2.28. The van der Waals surface area contributed by atoms with Crippen molar-refractivity contribution in [2.45, 2.75) is 40.2 Å². The van der Waals surface area contributed by atoms with Crippen molar-refractivity contribution in [1.82, 2.24) is 34.4 Å². The third-order valence-electron chi connectivity index (χ3n) is 7.66. The largest absolute Gasteiger partial charge is 0.379 e. The molecule has 2 aliphatic rings. The normalized spacial score (nSPS) is 18.7. The lowest BCUT2D eigenvalue weighted by Gasteiger charge is -2.26. The summed E-state index contributed by atoms with van der Waals surface area (Å²) < 4.78 is 7.33. The van der Waals surface area contributed by atoms with E-state index in [0.717, 1.165) is 93.1 Å². The topological polar surface area (TPSA) is 84.6 Å². The molecule has 2 fully saturated rings. The number of benzene rings is 1. The Bertz CT molecular complexity index is 1380. The molecule has 0 spiro atoms. The lowest BCUT2D eigenvalue weighted by molar-refractivity contribution is 0.0342. The van der Waals surface area contributed by atoms with Gasteiger partial charge in [0.25, 0.3) is 5.78 Å². The summed E-state index contributed by atoms with van der Waals surface area (Å²) in [6.45, 7) is 12.7. The Hall–Kier alpha value is -3.43. The number of rotatable bonds is 6. The van der Waals surface area contributed by atoms with E-state index in [9.17, 15) is 0 Å². The minimum atomic E-state index is 0.556. The van der Waals surface area contributed by atoms with Crippen molar-refractivity contribution in [3.63, 3.8) is 0 Å². The molecule has 0 amide bonds. The van der Waals surface area contributed by atoms with Crippen LogP contribution in [0.1, 0.15) is 34.8 Å². The highest BCUT2D eigenvalue weighted by molar-refractivity contribution is 5.57. The van der Waals surface area contributed by atoms with E-state index in [-0.39, 0.29) is 0 Å². The van der Waals surface area contributed by atoms with E-state index >= 15 is 0 Å². The zero-order valence-corrected chi connectivity index (χ0v) is 21.9. The average molecular weight is 499 g/mol. The molecule has 9 heteroatoms. The van der Waals surface area contributed by atoms with E-state index in [1.54, 1.807) is 0 Å². The minimum absolute atomic E-state index is 0.556. The van der Waals surface area contributed by atoms with Crippen LogP contribution >= 0.6 is 0 Å². The van der Waals surface area contributed by atoms with Crippen LogP contribution in [0.2, 0.25) is 0 Å².